The first-order valence-corrected chi connectivity index (χ1v) is 10.9. The number of methoxy groups -OCH3 is 1. The highest BCUT2D eigenvalue weighted by Gasteiger charge is 2.33. The summed E-state index contributed by atoms with van der Waals surface area (Å²) in [5.41, 5.74) is 2.62. The van der Waals surface area contributed by atoms with Gasteiger partial charge in [-0.1, -0.05) is 12.1 Å². The van der Waals surface area contributed by atoms with Gasteiger partial charge in [-0.05, 0) is 43.0 Å². The van der Waals surface area contributed by atoms with Crippen LogP contribution in [0.25, 0.3) is 11.1 Å². The number of likely N-dealkylation sites (tertiary alicyclic amines) is 1. The smallest absolute Gasteiger partial charge is 0.274 e. The van der Waals surface area contributed by atoms with Crippen LogP contribution in [0.2, 0.25) is 0 Å². The van der Waals surface area contributed by atoms with Gasteiger partial charge in [0.1, 0.15) is 11.4 Å². The molecule has 1 aliphatic rings. The number of hydrogen-bond donors (Lipinski definition) is 0. The van der Waals surface area contributed by atoms with Crippen molar-refractivity contribution in [2.24, 2.45) is 7.05 Å². The van der Waals surface area contributed by atoms with Gasteiger partial charge in [-0.2, -0.15) is 5.10 Å². The Hall–Kier alpha value is -3.75. The average molecular weight is 449 g/mol. The number of benzene rings is 1. The summed E-state index contributed by atoms with van der Waals surface area (Å²) in [5.74, 6) is 1.14. The van der Waals surface area contributed by atoms with E-state index in [0.717, 1.165) is 41.8 Å². The van der Waals surface area contributed by atoms with E-state index in [0.29, 0.717) is 12.5 Å². The Balaban J connectivity index is 1.79. The summed E-state index contributed by atoms with van der Waals surface area (Å²) >= 11 is 0. The number of rotatable bonds is 5. The number of carbonyl (C=O) groups is 1. The van der Waals surface area contributed by atoms with Gasteiger partial charge in [0.25, 0.3) is 11.5 Å². The minimum atomic E-state index is -0.255. The number of piperidine rings is 1. The molecule has 1 aliphatic heterocycles. The molecule has 0 unspecified atom stereocenters. The van der Waals surface area contributed by atoms with Crippen LogP contribution >= 0.6 is 0 Å². The number of hydrogen-bond acceptors (Lipinski definition) is 7. The third kappa shape index (κ3) is 4.57. The van der Waals surface area contributed by atoms with Gasteiger partial charge >= 0.3 is 0 Å². The molecule has 33 heavy (non-hydrogen) atoms. The van der Waals surface area contributed by atoms with Gasteiger partial charge < -0.3 is 14.5 Å². The second-order valence-electron chi connectivity index (χ2n) is 8.28. The van der Waals surface area contributed by atoms with Gasteiger partial charge in [0.2, 0.25) is 5.95 Å². The maximum Gasteiger partial charge on any atom is 0.274 e. The lowest BCUT2D eigenvalue weighted by Crippen LogP contribution is -2.40. The van der Waals surface area contributed by atoms with Crippen LogP contribution in [-0.2, 0) is 7.05 Å². The number of aryl methyl sites for hydroxylation is 1. The van der Waals surface area contributed by atoms with Crippen molar-refractivity contribution in [2.75, 3.05) is 32.6 Å². The first-order valence-electron chi connectivity index (χ1n) is 10.9. The molecule has 0 aliphatic carbocycles. The fourth-order valence-corrected chi connectivity index (χ4v) is 4.07. The molecule has 0 bridgehead atoms. The Morgan fingerprint density at radius 2 is 1.88 bits per heavy atom. The fraction of sp³-hybridized carbons (Fsp3) is 0.375. The average Bonchev–Trinajstić information content (AvgIpc) is 2.85. The number of nitrogens with zero attached hydrogens (tertiary/aromatic N) is 6. The zero-order valence-electron chi connectivity index (χ0n) is 19.4. The summed E-state index contributed by atoms with van der Waals surface area (Å²) in [6.45, 7) is 0.595. The third-order valence-corrected chi connectivity index (χ3v) is 5.87. The van der Waals surface area contributed by atoms with E-state index in [4.69, 9.17) is 9.72 Å². The predicted octanol–water partition coefficient (Wildman–Crippen LogP) is 2.68. The lowest BCUT2D eigenvalue weighted by atomic mass is 9.93. The van der Waals surface area contributed by atoms with E-state index in [1.807, 2.05) is 54.4 Å². The minimum Gasteiger partial charge on any atom is -0.497 e. The van der Waals surface area contributed by atoms with E-state index in [2.05, 4.69) is 10.1 Å². The Morgan fingerprint density at radius 1 is 1.12 bits per heavy atom. The monoisotopic (exact) mass is 448 g/mol. The van der Waals surface area contributed by atoms with Crippen molar-refractivity contribution in [3.8, 4) is 16.9 Å². The van der Waals surface area contributed by atoms with E-state index in [-0.39, 0.29) is 23.2 Å². The molecule has 3 heterocycles. The van der Waals surface area contributed by atoms with Crippen molar-refractivity contribution in [3.63, 3.8) is 0 Å². The lowest BCUT2D eigenvalue weighted by Gasteiger charge is -2.36. The molecule has 0 N–H and O–H groups in total. The van der Waals surface area contributed by atoms with Crippen molar-refractivity contribution in [2.45, 2.75) is 25.3 Å². The quantitative estimate of drug-likeness (QED) is 0.592. The normalized spacial score (nSPS) is 15.9. The molecule has 0 radical (unpaired) electrons. The van der Waals surface area contributed by atoms with Crippen molar-refractivity contribution >= 4 is 11.9 Å². The van der Waals surface area contributed by atoms with Gasteiger partial charge in [0.15, 0.2) is 0 Å². The number of carbonyl (C=O) groups excluding carboxylic acids is 1. The predicted molar refractivity (Wildman–Crippen MR) is 125 cm³/mol. The molecule has 1 amide bonds. The van der Waals surface area contributed by atoms with Crippen LogP contribution in [0, 0.1) is 0 Å². The van der Waals surface area contributed by atoms with Gasteiger partial charge in [0, 0.05) is 45.5 Å². The van der Waals surface area contributed by atoms with E-state index in [1.165, 1.54) is 16.8 Å². The summed E-state index contributed by atoms with van der Waals surface area (Å²) in [5, 5.41) is 4.18. The van der Waals surface area contributed by atoms with Crippen molar-refractivity contribution in [1.82, 2.24) is 24.6 Å². The summed E-state index contributed by atoms with van der Waals surface area (Å²) in [6, 6.07) is 10.4. The van der Waals surface area contributed by atoms with Crippen LogP contribution in [0.3, 0.4) is 0 Å². The molecule has 1 saturated heterocycles. The number of amides is 1. The van der Waals surface area contributed by atoms with Gasteiger partial charge in [0.05, 0.1) is 18.8 Å². The van der Waals surface area contributed by atoms with E-state index < -0.39 is 0 Å². The number of aromatic nitrogens is 4. The van der Waals surface area contributed by atoms with Crippen molar-refractivity contribution < 1.29 is 9.53 Å². The fourth-order valence-electron chi connectivity index (χ4n) is 4.07. The van der Waals surface area contributed by atoms with Crippen molar-refractivity contribution in [3.05, 3.63) is 64.3 Å². The largest absolute Gasteiger partial charge is 0.497 e. The third-order valence-electron chi connectivity index (χ3n) is 5.87. The molecule has 9 heteroatoms. The molecule has 9 nitrogen and oxygen atoms in total. The van der Waals surface area contributed by atoms with Gasteiger partial charge in [-0.25, -0.2) is 14.6 Å². The second-order valence-corrected chi connectivity index (χ2v) is 8.28. The van der Waals surface area contributed by atoms with Crippen molar-refractivity contribution in [1.29, 1.82) is 0 Å². The van der Waals surface area contributed by atoms with Crippen LogP contribution in [0.5, 0.6) is 5.75 Å². The summed E-state index contributed by atoms with van der Waals surface area (Å²) in [4.78, 5) is 38.3. The Labute approximate surface area is 192 Å². The van der Waals surface area contributed by atoms with E-state index >= 15 is 0 Å². The standard InChI is InChI=1S/C24H28N6O3/c1-28(2)24-25-15-18(16-8-10-17(33-4)11-9-16)22(26-24)20-7-5-6-14-30(20)23(32)19-12-13-21(31)29(3)27-19/h8-13,15,20H,5-7,14H2,1-4H3/t20-/m1/s1. The molecule has 3 aromatic rings. The minimum absolute atomic E-state index is 0.207. The lowest BCUT2D eigenvalue weighted by molar-refractivity contribution is 0.0598. The van der Waals surface area contributed by atoms with Crippen LogP contribution in [-0.4, -0.2) is 58.3 Å². The second kappa shape index (κ2) is 9.40. The van der Waals surface area contributed by atoms with E-state index in [9.17, 15) is 9.59 Å². The zero-order valence-corrected chi connectivity index (χ0v) is 19.4. The Bertz CT molecular complexity index is 1210. The number of ether oxygens (including phenoxy) is 1. The first-order chi connectivity index (χ1) is 15.9. The molecule has 4 rings (SSSR count). The van der Waals surface area contributed by atoms with Gasteiger partial charge in [-0.15, -0.1) is 0 Å². The highest BCUT2D eigenvalue weighted by atomic mass is 16.5. The number of anilines is 1. The van der Waals surface area contributed by atoms with Crippen LogP contribution in [0.15, 0.2) is 47.4 Å². The summed E-state index contributed by atoms with van der Waals surface area (Å²) in [6.07, 6.45) is 4.49. The molecule has 172 valence electrons. The highest BCUT2D eigenvalue weighted by Crippen LogP contribution is 2.37. The van der Waals surface area contributed by atoms with Gasteiger partial charge in [-0.3, -0.25) is 9.59 Å². The maximum absolute atomic E-state index is 13.5. The zero-order chi connectivity index (χ0) is 23.5. The highest BCUT2D eigenvalue weighted by molar-refractivity contribution is 5.92. The Kier molecular flexibility index (Phi) is 6.39. The molecule has 0 saturated carbocycles. The SMILES string of the molecule is COc1ccc(-c2cnc(N(C)C)nc2[C@H]2CCCCN2C(=O)c2ccc(=O)n(C)n2)cc1. The summed E-state index contributed by atoms with van der Waals surface area (Å²) in [7, 11) is 6.96. The molecular formula is C24H28N6O3. The molecular weight excluding hydrogens is 420 g/mol. The van der Waals surface area contributed by atoms with Crippen LogP contribution < -0.4 is 15.2 Å². The van der Waals surface area contributed by atoms with E-state index in [1.54, 1.807) is 14.2 Å². The molecule has 2 aromatic heterocycles. The first kappa shape index (κ1) is 22.4. The molecule has 0 spiro atoms. The van der Waals surface area contributed by atoms with Crippen LogP contribution in [0.4, 0.5) is 5.95 Å². The molecule has 1 aromatic carbocycles. The topological polar surface area (TPSA) is 93.5 Å². The maximum atomic E-state index is 13.5. The summed E-state index contributed by atoms with van der Waals surface area (Å²) < 4.78 is 6.48. The molecule has 1 fully saturated rings. The Morgan fingerprint density at radius 3 is 2.55 bits per heavy atom. The molecule has 1 atom stereocenters. The van der Waals surface area contributed by atoms with Crippen LogP contribution in [0.1, 0.15) is 41.5 Å².